The summed E-state index contributed by atoms with van der Waals surface area (Å²) in [6.07, 6.45) is 4.45. The fraction of sp³-hybridized carbons (Fsp3) is 0.538. The van der Waals surface area contributed by atoms with Gasteiger partial charge in [0.1, 0.15) is 13.8 Å². The molecule has 0 spiro atoms. The maximum absolute atomic E-state index is 12.3. The molecule has 0 radical (unpaired) electrons. The Balaban J connectivity index is 3.02. The highest BCUT2D eigenvalue weighted by atomic mass is 32.2. The molecular formula is C13H17F3O3SSi. The van der Waals surface area contributed by atoms with Crippen LogP contribution >= 0.6 is 0 Å². The van der Waals surface area contributed by atoms with Crippen LogP contribution in [0.1, 0.15) is 19.3 Å². The average Bonchev–Trinajstić information content (AvgIpc) is 2.28. The van der Waals surface area contributed by atoms with Crippen LogP contribution in [-0.4, -0.2) is 22.0 Å². The van der Waals surface area contributed by atoms with Crippen molar-refractivity contribution >= 4 is 18.2 Å². The fourth-order valence-electron chi connectivity index (χ4n) is 1.52. The van der Waals surface area contributed by atoms with Gasteiger partial charge in [0.25, 0.3) is 0 Å². The molecule has 0 aromatic carbocycles. The van der Waals surface area contributed by atoms with Crippen LogP contribution in [0.15, 0.2) is 23.5 Å². The van der Waals surface area contributed by atoms with E-state index in [4.69, 9.17) is 0 Å². The molecule has 0 saturated heterocycles. The summed E-state index contributed by atoms with van der Waals surface area (Å²) in [5, 5.41) is 0. The summed E-state index contributed by atoms with van der Waals surface area (Å²) in [5.41, 5.74) is -2.00. The minimum atomic E-state index is -5.63. The lowest BCUT2D eigenvalue weighted by atomic mass is 10.00. The van der Waals surface area contributed by atoms with Crippen molar-refractivity contribution in [1.29, 1.82) is 0 Å². The van der Waals surface area contributed by atoms with E-state index in [0.717, 1.165) is 6.42 Å². The van der Waals surface area contributed by atoms with Gasteiger partial charge in [-0.05, 0) is 31.4 Å². The van der Waals surface area contributed by atoms with E-state index in [9.17, 15) is 21.6 Å². The van der Waals surface area contributed by atoms with Crippen molar-refractivity contribution in [2.75, 3.05) is 0 Å². The van der Waals surface area contributed by atoms with Crippen molar-refractivity contribution in [1.82, 2.24) is 0 Å². The van der Waals surface area contributed by atoms with Crippen molar-refractivity contribution in [2.45, 2.75) is 44.4 Å². The molecule has 0 heterocycles. The van der Waals surface area contributed by atoms with Gasteiger partial charge in [0.2, 0.25) is 0 Å². The van der Waals surface area contributed by atoms with Crippen LogP contribution in [0.5, 0.6) is 0 Å². The fourth-order valence-corrected chi connectivity index (χ4v) is 2.53. The van der Waals surface area contributed by atoms with Crippen molar-refractivity contribution in [3.8, 4) is 11.5 Å². The van der Waals surface area contributed by atoms with Crippen LogP contribution in [0.4, 0.5) is 13.2 Å². The number of hydrogen-bond donors (Lipinski definition) is 0. The van der Waals surface area contributed by atoms with Gasteiger partial charge in [-0.3, -0.25) is 0 Å². The summed E-state index contributed by atoms with van der Waals surface area (Å²) in [4.78, 5) is 0. The monoisotopic (exact) mass is 338 g/mol. The SMILES string of the molecule is C[Si](C)(C)C#C/C=C1/CCCC=C1OS(=O)(=O)C(F)(F)F. The first-order chi connectivity index (χ1) is 9.42. The summed E-state index contributed by atoms with van der Waals surface area (Å²) >= 11 is 0. The molecule has 0 aromatic rings. The first-order valence-corrected chi connectivity index (χ1v) is 11.3. The second kappa shape index (κ2) is 6.28. The Labute approximate surface area is 124 Å². The molecule has 0 amide bonds. The van der Waals surface area contributed by atoms with Crippen molar-refractivity contribution < 1.29 is 25.8 Å². The maximum Gasteiger partial charge on any atom is 0.534 e. The minimum Gasteiger partial charge on any atom is -0.376 e. The van der Waals surface area contributed by atoms with E-state index in [0.29, 0.717) is 18.4 Å². The van der Waals surface area contributed by atoms with Gasteiger partial charge in [0.15, 0.2) is 0 Å². The first kappa shape index (κ1) is 17.8. The van der Waals surface area contributed by atoms with Crippen LogP contribution in [0.25, 0.3) is 0 Å². The van der Waals surface area contributed by atoms with Gasteiger partial charge < -0.3 is 4.18 Å². The zero-order valence-electron chi connectivity index (χ0n) is 12.0. The number of hydrogen-bond acceptors (Lipinski definition) is 3. The molecular weight excluding hydrogens is 321 g/mol. The zero-order chi connectivity index (χ0) is 16.3. The molecule has 21 heavy (non-hydrogen) atoms. The predicted molar refractivity (Wildman–Crippen MR) is 77.2 cm³/mol. The molecule has 0 atom stereocenters. The van der Waals surface area contributed by atoms with E-state index >= 15 is 0 Å². The predicted octanol–water partition coefficient (Wildman–Crippen LogP) is 3.73. The maximum atomic E-state index is 12.3. The third kappa shape index (κ3) is 5.59. The molecule has 1 rings (SSSR count). The van der Waals surface area contributed by atoms with Crippen LogP contribution < -0.4 is 0 Å². The van der Waals surface area contributed by atoms with Crippen molar-refractivity contribution in [3.63, 3.8) is 0 Å². The van der Waals surface area contributed by atoms with Crippen LogP contribution in [0.3, 0.4) is 0 Å². The summed E-state index contributed by atoms with van der Waals surface area (Å²) in [6.45, 7) is 6.09. The van der Waals surface area contributed by atoms with E-state index in [1.165, 1.54) is 12.2 Å². The van der Waals surface area contributed by atoms with Crippen molar-refractivity contribution in [3.05, 3.63) is 23.5 Å². The molecule has 0 saturated carbocycles. The lowest BCUT2D eigenvalue weighted by molar-refractivity contribution is -0.0521. The Hall–Kier alpha value is -1.20. The average molecular weight is 338 g/mol. The molecule has 0 N–H and O–H groups in total. The van der Waals surface area contributed by atoms with Gasteiger partial charge in [-0.1, -0.05) is 25.6 Å². The Kier molecular flexibility index (Phi) is 5.33. The molecule has 1 aliphatic carbocycles. The molecule has 0 fully saturated rings. The second-order valence-electron chi connectivity index (χ2n) is 5.63. The van der Waals surface area contributed by atoms with Gasteiger partial charge in [-0.2, -0.15) is 21.6 Å². The largest absolute Gasteiger partial charge is 0.534 e. The molecule has 1 aliphatic rings. The highest BCUT2D eigenvalue weighted by Crippen LogP contribution is 2.32. The molecule has 118 valence electrons. The number of rotatable bonds is 2. The molecule has 8 heteroatoms. The summed E-state index contributed by atoms with van der Waals surface area (Å²) in [7, 11) is -7.24. The van der Waals surface area contributed by atoms with Gasteiger partial charge in [-0.15, -0.1) is 5.54 Å². The van der Waals surface area contributed by atoms with Crippen LogP contribution in [0.2, 0.25) is 19.6 Å². The topological polar surface area (TPSA) is 43.4 Å². The number of alkyl halides is 3. The summed E-state index contributed by atoms with van der Waals surface area (Å²) in [5.74, 6) is 2.54. The van der Waals surface area contributed by atoms with E-state index in [-0.39, 0.29) is 5.76 Å². The third-order valence-corrected chi connectivity index (χ3v) is 4.33. The molecule has 0 aliphatic heterocycles. The summed E-state index contributed by atoms with van der Waals surface area (Å²) < 4.78 is 63.4. The Morgan fingerprint density at radius 2 is 1.95 bits per heavy atom. The summed E-state index contributed by atoms with van der Waals surface area (Å²) in [6, 6.07) is 0. The molecule has 3 nitrogen and oxygen atoms in total. The highest BCUT2D eigenvalue weighted by molar-refractivity contribution is 7.87. The molecule has 0 unspecified atom stereocenters. The van der Waals surface area contributed by atoms with Crippen LogP contribution in [0, 0.1) is 11.5 Å². The first-order valence-electron chi connectivity index (χ1n) is 6.35. The van der Waals surface area contributed by atoms with Crippen LogP contribution in [-0.2, 0) is 14.3 Å². The highest BCUT2D eigenvalue weighted by Gasteiger charge is 2.49. The van der Waals surface area contributed by atoms with Gasteiger partial charge >= 0.3 is 15.6 Å². The molecule has 0 aromatic heterocycles. The zero-order valence-corrected chi connectivity index (χ0v) is 13.9. The second-order valence-corrected chi connectivity index (χ2v) is 11.9. The number of halogens is 3. The Bertz CT molecular complexity index is 614. The van der Waals surface area contributed by atoms with Crippen molar-refractivity contribution in [2.24, 2.45) is 0 Å². The van der Waals surface area contributed by atoms with E-state index in [2.05, 4.69) is 15.6 Å². The van der Waals surface area contributed by atoms with E-state index in [1.807, 2.05) is 19.6 Å². The standard InChI is InChI=1S/C13H17F3O3SSi/c1-21(2,3)10-6-8-11-7-4-5-9-12(11)19-20(17,18)13(14,15)16/h8-9H,4-5,7H2,1-3H3/b11-8-. The lowest BCUT2D eigenvalue weighted by Gasteiger charge is -2.17. The van der Waals surface area contributed by atoms with Gasteiger partial charge in [0.05, 0.1) is 0 Å². The van der Waals surface area contributed by atoms with E-state index in [1.54, 1.807) is 0 Å². The number of allylic oxidation sites excluding steroid dienone is 3. The van der Waals surface area contributed by atoms with E-state index < -0.39 is 23.7 Å². The lowest BCUT2D eigenvalue weighted by Crippen LogP contribution is -2.26. The normalized spacial score (nSPS) is 18.8. The third-order valence-electron chi connectivity index (χ3n) is 2.47. The Morgan fingerprint density at radius 3 is 2.48 bits per heavy atom. The Morgan fingerprint density at radius 1 is 1.33 bits per heavy atom. The smallest absolute Gasteiger partial charge is 0.376 e. The quantitative estimate of drug-likeness (QED) is 0.333. The van der Waals surface area contributed by atoms with Gasteiger partial charge in [0, 0.05) is 5.57 Å². The van der Waals surface area contributed by atoms with Gasteiger partial charge in [-0.25, -0.2) is 0 Å². The molecule has 0 bridgehead atoms. The minimum absolute atomic E-state index is 0.261.